The fourth-order valence-corrected chi connectivity index (χ4v) is 5.27. The molecule has 3 aromatic rings. The summed E-state index contributed by atoms with van der Waals surface area (Å²) < 4.78 is 33.2. The van der Waals surface area contributed by atoms with Crippen molar-refractivity contribution in [1.29, 1.82) is 0 Å². The van der Waals surface area contributed by atoms with Crippen LogP contribution in [0.2, 0.25) is 0 Å². The molecule has 2 aromatic heterocycles. The SMILES string of the molecule is COc1ccc(-c2ccc(C(=O)NS(=O)(=O)c3cccnc3N)c(N3CCC(C)C3(C)C)n2)cc1. The normalized spacial score (nSPS) is 17.3. The van der Waals surface area contributed by atoms with E-state index in [0.717, 1.165) is 17.7 Å². The molecule has 0 spiro atoms. The van der Waals surface area contributed by atoms with Gasteiger partial charge in [-0.05, 0) is 74.7 Å². The van der Waals surface area contributed by atoms with Gasteiger partial charge in [0.05, 0.1) is 18.4 Å². The minimum atomic E-state index is -4.24. The highest BCUT2D eigenvalue weighted by atomic mass is 32.2. The van der Waals surface area contributed by atoms with E-state index in [9.17, 15) is 13.2 Å². The van der Waals surface area contributed by atoms with Gasteiger partial charge in [0.2, 0.25) is 0 Å². The van der Waals surface area contributed by atoms with Gasteiger partial charge in [-0.25, -0.2) is 23.1 Å². The highest BCUT2D eigenvalue weighted by molar-refractivity contribution is 7.90. The Labute approximate surface area is 205 Å². The highest BCUT2D eigenvalue weighted by Gasteiger charge is 2.41. The number of amides is 1. The van der Waals surface area contributed by atoms with Crippen molar-refractivity contribution >= 4 is 27.6 Å². The Bertz CT molecular complexity index is 1360. The van der Waals surface area contributed by atoms with Gasteiger partial charge in [0.1, 0.15) is 22.3 Å². The van der Waals surface area contributed by atoms with E-state index in [4.69, 9.17) is 15.5 Å². The Morgan fingerprint density at radius 1 is 1.17 bits per heavy atom. The molecule has 10 heteroatoms. The summed E-state index contributed by atoms with van der Waals surface area (Å²) >= 11 is 0. The molecule has 3 heterocycles. The number of anilines is 2. The summed E-state index contributed by atoms with van der Waals surface area (Å²) in [7, 11) is -2.64. The van der Waals surface area contributed by atoms with Gasteiger partial charge in [0, 0.05) is 23.8 Å². The molecule has 4 rings (SSSR count). The zero-order chi connectivity index (χ0) is 25.4. The third-order valence-corrected chi connectivity index (χ3v) is 8.14. The van der Waals surface area contributed by atoms with Crippen molar-refractivity contribution in [2.24, 2.45) is 5.92 Å². The van der Waals surface area contributed by atoms with Crippen molar-refractivity contribution in [2.45, 2.75) is 37.6 Å². The fourth-order valence-electron chi connectivity index (χ4n) is 4.22. The van der Waals surface area contributed by atoms with Crippen LogP contribution in [0.15, 0.2) is 59.6 Å². The Morgan fingerprint density at radius 2 is 1.89 bits per heavy atom. The fraction of sp³-hybridized carbons (Fsp3) is 0.320. The number of hydrogen-bond donors (Lipinski definition) is 2. The maximum Gasteiger partial charge on any atom is 0.268 e. The molecule has 3 N–H and O–H groups in total. The van der Waals surface area contributed by atoms with Crippen molar-refractivity contribution in [3.63, 3.8) is 0 Å². The summed E-state index contributed by atoms with van der Waals surface area (Å²) in [5.74, 6) is 0.533. The van der Waals surface area contributed by atoms with Crippen LogP contribution >= 0.6 is 0 Å². The Balaban J connectivity index is 1.77. The molecule has 1 aliphatic heterocycles. The van der Waals surface area contributed by atoms with E-state index in [1.165, 1.54) is 18.3 Å². The predicted octanol–water partition coefficient (Wildman–Crippen LogP) is 3.48. The maximum atomic E-state index is 13.3. The van der Waals surface area contributed by atoms with Crippen LogP contribution in [0, 0.1) is 5.92 Å². The second-order valence-corrected chi connectivity index (χ2v) is 10.8. The van der Waals surface area contributed by atoms with Crippen LogP contribution < -0.4 is 20.1 Å². The number of rotatable bonds is 6. The number of carbonyl (C=O) groups is 1. The first-order chi connectivity index (χ1) is 16.5. The Kier molecular flexibility index (Phi) is 6.42. The van der Waals surface area contributed by atoms with E-state index in [1.54, 1.807) is 19.2 Å². The molecule has 1 amide bonds. The second kappa shape index (κ2) is 9.18. The lowest BCUT2D eigenvalue weighted by molar-refractivity contribution is 0.0981. The highest BCUT2D eigenvalue weighted by Crippen LogP contribution is 2.39. The second-order valence-electron chi connectivity index (χ2n) is 9.11. The lowest BCUT2D eigenvalue weighted by atomic mass is 9.90. The van der Waals surface area contributed by atoms with Crippen molar-refractivity contribution in [3.05, 3.63) is 60.3 Å². The van der Waals surface area contributed by atoms with E-state index < -0.39 is 15.9 Å². The quantitative estimate of drug-likeness (QED) is 0.532. The van der Waals surface area contributed by atoms with Gasteiger partial charge in [-0.3, -0.25) is 4.79 Å². The molecule has 1 saturated heterocycles. The van der Waals surface area contributed by atoms with Gasteiger partial charge < -0.3 is 15.4 Å². The Morgan fingerprint density at radius 3 is 2.49 bits per heavy atom. The summed E-state index contributed by atoms with van der Waals surface area (Å²) in [6, 6.07) is 13.5. The van der Waals surface area contributed by atoms with E-state index >= 15 is 0 Å². The molecular weight excluding hydrogens is 466 g/mol. The van der Waals surface area contributed by atoms with Crippen LogP contribution in [0.5, 0.6) is 5.75 Å². The minimum absolute atomic E-state index is 0.162. The van der Waals surface area contributed by atoms with Gasteiger partial charge in [0.25, 0.3) is 15.9 Å². The summed E-state index contributed by atoms with van der Waals surface area (Å²) in [6.07, 6.45) is 2.31. The molecule has 1 atom stereocenters. The molecular formula is C25H29N5O4S. The van der Waals surface area contributed by atoms with Crippen LogP contribution in [0.1, 0.15) is 37.6 Å². The predicted molar refractivity (Wildman–Crippen MR) is 135 cm³/mol. The molecule has 0 saturated carbocycles. The first kappa shape index (κ1) is 24.5. The molecule has 9 nitrogen and oxygen atoms in total. The third kappa shape index (κ3) is 4.66. The van der Waals surface area contributed by atoms with E-state index in [-0.39, 0.29) is 21.8 Å². The maximum absolute atomic E-state index is 13.3. The number of sulfonamides is 1. The lowest BCUT2D eigenvalue weighted by Gasteiger charge is -2.36. The number of ether oxygens (including phenoxy) is 1. The summed E-state index contributed by atoms with van der Waals surface area (Å²) in [6.45, 7) is 7.04. The standard InChI is InChI=1S/C25H29N5O4S/c1-16-13-15-30(25(16,2)3)23-19(11-12-20(28-23)17-7-9-18(34-4)10-8-17)24(31)29-35(32,33)21-6-5-14-27-22(21)26/h5-12,14,16H,13,15H2,1-4H3,(H2,26,27)(H,29,31). The molecule has 0 bridgehead atoms. The van der Waals surface area contributed by atoms with Crippen LogP contribution in [0.25, 0.3) is 11.3 Å². The van der Waals surface area contributed by atoms with E-state index in [2.05, 4.69) is 35.4 Å². The van der Waals surface area contributed by atoms with Gasteiger partial charge in [-0.1, -0.05) is 6.92 Å². The minimum Gasteiger partial charge on any atom is -0.497 e. The van der Waals surface area contributed by atoms with Crippen molar-refractivity contribution in [1.82, 2.24) is 14.7 Å². The van der Waals surface area contributed by atoms with E-state index in [1.807, 2.05) is 24.3 Å². The number of nitrogens with zero attached hydrogens (tertiary/aromatic N) is 3. The largest absolute Gasteiger partial charge is 0.497 e. The van der Waals surface area contributed by atoms with Crippen LogP contribution in [0.4, 0.5) is 11.6 Å². The number of carbonyl (C=O) groups excluding carboxylic acids is 1. The lowest BCUT2D eigenvalue weighted by Crippen LogP contribution is -2.43. The first-order valence-electron chi connectivity index (χ1n) is 11.3. The zero-order valence-electron chi connectivity index (χ0n) is 20.1. The van der Waals surface area contributed by atoms with Gasteiger partial charge in [0.15, 0.2) is 0 Å². The van der Waals surface area contributed by atoms with Gasteiger partial charge in [-0.2, -0.15) is 0 Å². The summed E-state index contributed by atoms with van der Waals surface area (Å²) in [5, 5.41) is 0. The van der Waals surface area contributed by atoms with Crippen molar-refractivity contribution in [3.8, 4) is 17.0 Å². The molecule has 1 aliphatic rings. The van der Waals surface area contributed by atoms with Gasteiger partial charge in [-0.15, -0.1) is 0 Å². The number of methoxy groups -OCH3 is 1. The van der Waals surface area contributed by atoms with E-state index in [0.29, 0.717) is 24.0 Å². The topological polar surface area (TPSA) is 128 Å². The smallest absolute Gasteiger partial charge is 0.268 e. The monoisotopic (exact) mass is 495 g/mol. The van der Waals surface area contributed by atoms with Gasteiger partial charge >= 0.3 is 0 Å². The number of hydrogen-bond acceptors (Lipinski definition) is 8. The molecule has 0 radical (unpaired) electrons. The number of pyridine rings is 2. The van der Waals surface area contributed by atoms with Crippen molar-refractivity contribution in [2.75, 3.05) is 24.3 Å². The first-order valence-corrected chi connectivity index (χ1v) is 12.7. The number of nitrogens with two attached hydrogens (primary N) is 1. The number of nitrogen functional groups attached to an aromatic ring is 1. The summed E-state index contributed by atoms with van der Waals surface area (Å²) in [4.78, 5) is 23.8. The number of aromatic nitrogens is 2. The molecule has 1 fully saturated rings. The third-order valence-electron chi connectivity index (χ3n) is 6.76. The number of nitrogens with one attached hydrogen (secondary N) is 1. The zero-order valence-corrected chi connectivity index (χ0v) is 21.0. The average molecular weight is 496 g/mol. The van der Waals surface area contributed by atoms with Crippen molar-refractivity contribution < 1.29 is 17.9 Å². The molecule has 184 valence electrons. The average Bonchev–Trinajstić information content (AvgIpc) is 3.10. The molecule has 1 aromatic carbocycles. The number of benzene rings is 1. The molecule has 35 heavy (non-hydrogen) atoms. The molecule has 0 aliphatic carbocycles. The van der Waals surface area contributed by atoms with Crippen LogP contribution in [-0.4, -0.2) is 43.5 Å². The summed E-state index contributed by atoms with van der Waals surface area (Å²) in [5.41, 5.74) is 7.12. The van der Waals surface area contributed by atoms with Crippen LogP contribution in [-0.2, 0) is 10.0 Å². The van der Waals surface area contributed by atoms with Crippen LogP contribution in [0.3, 0.4) is 0 Å². The Hall–Kier alpha value is -3.66. The molecule has 1 unspecified atom stereocenters.